The summed E-state index contributed by atoms with van der Waals surface area (Å²) in [6.45, 7) is 7.53. The van der Waals surface area contributed by atoms with Gasteiger partial charge in [-0.05, 0) is 17.9 Å². The molecule has 2 rings (SSSR count). The molecule has 1 aromatic rings. The van der Waals surface area contributed by atoms with Gasteiger partial charge in [-0.1, -0.05) is 32.4 Å². The molecule has 19 heavy (non-hydrogen) atoms. The largest absolute Gasteiger partial charge is 0.490 e. The van der Waals surface area contributed by atoms with E-state index >= 15 is 0 Å². The summed E-state index contributed by atoms with van der Waals surface area (Å²) in [6.07, 6.45) is 0.906. The summed E-state index contributed by atoms with van der Waals surface area (Å²) >= 11 is 6.24. The van der Waals surface area contributed by atoms with E-state index < -0.39 is 6.10 Å². The first-order valence-corrected chi connectivity index (χ1v) is 7.02. The third-order valence-corrected chi connectivity index (χ3v) is 3.36. The van der Waals surface area contributed by atoms with Crippen molar-refractivity contribution in [3.05, 3.63) is 22.7 Å². The first-order valence-electron chi connectivity index (χ1n) is 6.64. The van der Waals surface area contributed by atoms with Gasteiger partial charge in [0.25, 0.3) is 0 Å². The van der Waals surface area contributed by atoms with Crippen LogP contribution in [-0.4, -0.2) is 18.3 Å². The Hall–Kier alpha value is -0.930. The first kappa shape index (κ1) is 14.5. The molecule has 0 fully saturated rings. The molecular weight excluding hydrogens is 264 g/mol. The molecular formula is C15H21ClO3. The van der Waals surface area contributed by atoms with Gasteiger partial charge in [-0.2, -0.15) is 0 Å². The Morgan fingerprint density at radius 2 is 1.79 bits per heavy atom. The number of aliphatic hydroxyl groups is 1. The van der Waals surface area contributed by atoms with Crippen molar-refractivity contribution < 1.29 is 14.6 Å². The van der Waals surface area contributed by atoms with Crippen LogP contribution < -0.4 is 9.47 Å². The third-order valence-electron chi connectivity index (χ3n) is 3.03. The van der Waals surface area contributed by atoms with Crippen molar-refractivity contribution in [2.24, 2.45) is 5.41 Å². The highest BCUT2D eigenvalue weighted by molar-refractivity contribution is 6.31. The molecule has 1 aliphatic rings. The van der Waals surface area contributed by atoms with Crippen molar-refractivity contribution in [3.8, 4) is 11.5 Å². The minimum absolute atomic E-state index is 0.0346. The van der Waals surface area contributed by atoms with Gasteiger partial charge < -0.3 is 14.6 Å². The lowest BCUT2D eigenvalue weighted by Gasteiger charge is -2.23. The SMILES string of the molecule is CC(C)(C)CC(O)c1cc2c(cc1Cl)OCCCO2. The molecule has 0 saturated carbocycles. The quantitative estimate of drug-likeness (QED) is 0.893. The second-order valence-electron chi connectivity index (χ2n) is 6.15. The lowest BCUT2D eigenvalue weighted by Crippen LogP contribution is -2.12. The second-order valence-corrected chi connectivity index (χ2v) is 6.56. The predicted octanol–water partition coefficient (Wildman–Crippen LogP) is 3.97. The summed E-state index contributed by atoms with van der Waals surface area (Å²) in [4.78, 5) is 0. The van der Waals surface area contributed by atoms with Crippen LogP contribution in [0, 0.1) is 5.41 Å². The molecule has 1 unspecified atom stereocenters. The van der Waals surface area contributed by atoms with Gasteiger partial charge in [0.15, 0.2) is 11.5 Å². The van der Waals surface area contributed by atoms with Gasteiger partial charge in [-0.25, -0.2) is 0 Å². The maximum Gasteiger partial charge on any atom is 0.162 e. The predicted molar refractivity (Wildman–Crippen MR) is 76.1 cm³/mol. The average Bonchev–Trinajstić information content (AvgIpc) is 2.50. The van der Waals surface area contributed by atoms with Gasteiger partial charge in [0.1, 0.15) is 0 Å². The minimum atomic E-state index is -0.593. The average molecular weight is 285 g/mol. The van der Waals surface area contributed by atoms with Gasteiger partial charge >= 0.3 is 0 Å². The molecule has 1 atom stereocenters. The number of ether oxygens (including phenoxy) is 2. The summed E-state index contributed by atoms with van der Waals surface area (Å²) in [5, 5.41) is 10.9. The van der Waals surface area contributed by atoms with E-state index in [-0.39, 0.29) is 5.41 Å². The summed E-state index contributed by atoms with van der Waals surface area (Å²) in [5.74, 6) is 1.33. The molecule has 0 bridgehead atoms. The number of hydrogen-bond acceptors (Lipinski definition) is 3. The summed E-state index contributed by atoms with van der Waals surface area (Å²) < 4.78 is 11.2. The highest BCUT2D eigenvalue weighted by Crippen LogP contribution is 2.40. The lowest BCUT2D eigenvalue weighted by atomic mass is 9.87. The topological polar surface area (TPSA) is 38.7 Å². The Kier molecular flexibility index (Phi) is 4.26. The zero-order chi connectivity index (χ0) is 14.0. The van der Waals surface area contributed by atoms with Crippen LogP contribution in [0.15, 0.2) is 12.1 Å². The summed E-state index contributed by atoms with van der Waals surface area (Å²) in [6, 6.07) is 3.54. The number of rotatable bonds is 2. The number of halogens is 1. The van der Waals surface area contributed by atoms with Crippen molar-refractivity contribution in [3.63, 3.8) is 0 Å². The minimum Gasteiger partial charge on any atom is -0.490 e. The molecule has 4 heteroatoms. The zero-order valence-corrected chi connectivity index (χ0v) is 12.5. The Morgan fingerprint density at radius 3 is 2.37 bits per heavy atom. The van der Waals surface area contributed by atoms with Gasteiger partial charge in [-0.3, -0.25) is 0 Å². The Labute approximate surface area is 119 Å². The van der Waals surface area contributed by atoms with E-state index in [1.165, 1.54) is 0 Å². The number of benzene rings is 1. The molecule has 0 aromatic heterocycles. The van der Waals surface area contributed by atoms with E-state index in [4.69, 9.17) is 21.1 Å². The summed E-state index contributed by atoms with van der Waals surface area (Å²) in [5.41, 5.74) is 0.744. The van der Waals surface area contributed by atoms with Gasteiger partial charge in [0.05, 0.1) is 24.3 Å². The van der Waals surface area contributed by atoms with E-state index in [1.54, 1.807) is 12.1 Å². The van der Waals surface area contributed by atoms with Crippen molar-refractivity contribution in [1.82, 2.24) is 0 Å². The standard InChI is InChI=1S/C15H21ClO3/c1-15(2,3)9-12(17)10-7-13-14(8-11(10)16)19-6-4-5-18-13/h7-8,12,17H,4-6,9H2,1-3H3. The van der Waals surface area contributed by atoms with Crippen LogP contribution in [0.1, 0.15) is 45.3 Å². The monoisotopic (exact) mass is 284 g/mol. The molecule has 106 valence electrons. The van der Waals surface area contributed by atoms with Crippen LogP contribution >= 0.6 is 11.6 Å². The van der Waals surface area contributed by atoms with Crippen LogP contribution in [0.4, 0.5) is 0 Å². The van der Waals surface area contributed by atoms with Crippen LogP contribution in [-0.2, 0) is 0 Å². The number of fused-ring (bicyclic) bond motifs is 1. The highest BCUT2D eigenvalue weighted by Gasteiger charge is 2.22. The fourth-order valence-electron chi connectivity index (χ4n) is 2.14. The van der Waals surface area contributed by atoms with Crippen molar-refractivity contribution >= 4 is 11.6 Å². The smallest absolute Gasteiger partial charge is 0.162 e. The van der Waals surface area contributed by atoms with Crippen LogP contribution in [0.3, 0.4) is 0 Å². The Morgan fingerprint density at radius 1 is 1.21 bits per heavy atom. The molecule has 0 amide bonds. The van der Waals surface area contributed by atoms with E-state index in [0.29, 0.717) is 41.7 Å². The molecule has 0 saturated heterocycles. The second kappa shape index (κ2) is 5.59. The third kappa shape index (κ3) is 3.77. The molecule has 0 radical (unpaired) electrons. The van der Waals surface area contributed by atoms with E-state index in [1.807, 2.05) is 0 Å². The van der Waals surface area contributed by atoms with Crippen LogP contribution in [0.2, 0.25) is 5.02 Å². The molecule has 1 aliphatic heterocycles. The van der Waals surface area contributed by atoms with Gasteiger partial charge in [0.2, 0.25) is 0 Å². The highest BCUT2D eigenvalue weighted by atomic mass is 35.5. The van der Waals surface area contributed by atoms with Gasteiger partial charge in [-0.15, -0.1) is 0 Å². The summed E-state index contributed by atoms with van der Waals surface area (Å²) in [7, 11) is 0. The molecule has 0 aliphatic carbocycles. The Bertz CT molecular complexity index is 451. The van der Waals surface area contributed by atoms with Crippen molar-refractivity contribution in [2.45, 2.75) is 39.7 Å². The van der Waals surface area contributed by atoms with Crippen LogP contribution in [0.5, 0.6) is 11.5 Å². The van der Waals surface area contributed by atoms with E-state index in [2.05, 4.69) is 20.8 Å². The fraction of sp³-hybridized carbons (Fsp3) is 0.600. The Balaban J connectivity index is 2.28. The number of aliphatic hydroxyl groups excluding tert-OH is 1. The first-order chi connectivity index (χ1) is 8.87. The normalized spacial score (nSPS) is 16.9. The number of hydrogen-bond donors (Lipinski definition) is 1. The van der Waals surface area contributed by atoms with Crippen LogP contribution in [0.25, 0.3) is 0 Å². The maximum absolute atomic E-state index is 10.3. The fourth-order valence-corrected chi connectivity index (χ4v) is 2.42. The van der Waals surface area contributed by atoms with E-state index in [9.17, 15) is 5.11 Å². The zero-order valence-electron chi connectivity index (χ0n) is 11.7. The maximum atomic E-state index is 10.3. The van der Waals surface area contributed by atoms with Crippen molar-refractivity contribution in [2.75, 3.05) is 13.2 Å². The molecule has 1 N–H and O–H groups in total. The van der Waals surface area contributed by atoms with Gasteiger partial charge in [0, 0.05) is 18.1 Å². The van der Waals surface area contributed by atoms with E-state index in [0.717, 1.165) is 6.42 Å². The molecule has 1 aromatic carbocycles. The molecule has 1 heterocycles. The molecule has 3 nitrogen and oxygen atoms in total. The molecule has 0 spiro atoms. The lowest BCUT2D eigenvalue weighted by molar-refractivity contribution is 0.122. The van der Waals surface area contributed by atoms with Crippen molar-refractivity contribution in [1.29, 1.82) is 0 Å².